The van der Waals surface area contributed by atoms with Crippen LogP contribution >= 0.6 is 0 Å². The number of carbonyl (C=O) groups excluding carboxylic acids is 1. The average Bonchev–Trinajstić information content (AvgIpc) is 2.97. The molecule has 154 valence electrons. The first-order chi connectivity index (χ1) is 13.6. The second-order valence-corrected chi connectivity index (χ2v) is 8.52. The van der Waals surface area contributed by atoms with Crippen molar-refractivity contribution in [3.8, 4) is 5.75 Å². The van der Waals surface area contributed by atoms with E-state index in [2.05, 4.69) is 82.8 Å². The zero-order chi connectivity index (χ0) is 21.5. The topological polar surface area (TPSA) is 32.8 Å². The predicted molar refractivity (Wildman–Crippen MR) is 121 cm³/mol. The van der Waals surface area contributed by atoms with Crippen LogP contribution < -0.4 is 14.5 Å². The minimum Gasteiger partial charge on any atom is -0.427 e. The van der Waals surface area contributed by atoms with Gasteiger partial charge in [0, 0.05) is 30.7 Å². The van der Waals surface area contributed by atoms with Crippen molar-refractivity contribution in [3.63, 3.8) is 0 Å². The van der Waals surface area contributed by atoms with Crippen molar-refractivity contribution in [3.05, 3.63) is 64.5 Å². The summed E-state index contributed by atoms with van der Waals surface area (Å²) in [4.78, 5) is 16.1. The van der Waals surface area contributed by atoms with E-state index in [1.165, 1.54) is 35.0 Å². The SMILES string of the molecule is CC(=O)Oc1cc(C)c(N2C=CN(c3c(C)cc(C)cc3C)C2C(C)C)c(C)c1. The van der Waals surface area contributed by atoms with Gasteiger partial charge < -0.3 is 14.5 Å². The molecule has 3 rings (SSSR count). The highest BCUT2D eigenvalue weighted by atomic mass is 16.5. The number of rotatable bonds is 4. The van der Waals surface area contributed by atoms with Gasteiger partial charge in [-0.25, -0.2) is 0 Å². The van der Waals surface area contributed by atoms with E-state index in [1.807, 2.05) is 12.1 Å². The van der Waals surface area contributed by atoms with Crippen LogP contribution in [0.3, 0.4) is 0 Å². The molecule has 2 aromatic rings. The van der Waals surface area contributed by atoms with Gasteiger partial charge in [0.25, 0.3) is 0 Å². The van der Waals surface area contributed by atoms with Gasteiger partial charge >= 0.3 is 5.97 Å². The fraction of sp³-hybridized carbons (Fsp3) is 0.400. The van der Waals surface area contributed by atoms with Gasteiger partial charge in [0.05, 0.1) is 0 Å². The highest BCUT2D eigenvalue weighted by Crippen LogP contribution is 2.39. The standard InChI is InChI=1S/C25H32N2O2/c1-15(2)25-26(23-17(4)11-16(3)12-18(23)5)9-10-27(25)24-19(6)13-22(14-20(24)7)29-21(8)28/h9-15,25H,1-8H3. The summed E-state index contributed by atoms with van der Waals surface area (Å²) in [6.07, 6.45) is 4.53. The molecule has 1 aliphatic heterocycles. The van der Waals surface area contributed by atoms with E-state index in [4.69, 9.17) is 4.74 Å². The second-order valence-electron chi connectivity index (χ2n) is 8.52. The number of hydrogen-bond acceptors (Lipinski definition) is 4. The summed E-state index contributed by atoms with van der Waals surface area (Å²) in [5, 5.41) is 0. The largest absolute Gasteiger partial charge is 0.427 e. The molecule has 0 spiro atoms. The molecule has 0 aliphatic carbocycles. The van der Waals surface area contributed by atoms with Crippen LogP contribution in [-0.4, -0.2) is 12.1 Å². The van der Waals surface area contributed by atoms with Gasteiger partial charge in [-0.3, -0.25) is 4.79 Å². The third-order valence-corrected chi connectivity index (χ3v) is 5.43. The van der Waals surface area contributed by atoms with E-state index in [1.54, 1.807) is 0 Å². The van der Waals surface area contributed by atoms with Crippen LogP contribution in [0.25, 0.3) is 0 Å². The number of ether oxygens (including phenoxy) is 1. The third kappa shape index (κ3) is 4.02. The minimum absolute atomic E-state index is 0.173. The average molecular weight is 393 g/mol. The minimum atomic E-state index is -0.297. The number of carbonyl (C=O) groups is 1. The molecule has 4 nitrogen and oxygen atoms in total. The molecule has 0 N–H and O–H groups in total. The third-order valence-electron chi connectivity index (χ3n) is 5.43. The van der Waals surface area contributed by atoms with Crippen molar-refractivity contribution in [1.82, 2.24) is 0 Å². The van der Waals surface area contributed by atoms with Crippen molar-refractivity contribution >= 4 is 17.3 Å². The lowest BCUT2D eigenvalue weighted by molar-refractivity contribution is -0.131. The Kier molecular flexibility index (Phi) is 5.74. The Morgan fingerprint density at radius 2 is 1.24 bits per heavy atom. The first kappa shape index (κ1) is 21.0. The Morgan fingerprint density at radius 3 is 1.62 bits per heavy atom. The predicted octanol–water partition coefficient (Wildman–Crippen LogP) is 5.93. The summed E-state index contributed by atoms with van der Waals surface area (Å²) >= 11 is 0. The fourth-order valence-corrected chi connectivity index (χ4v) is 4.64. The molecule has 0 radical (unpaired) electrons. The zero-order valence-electron chi connectivity index (χ0n) is 18.8. The molecule has 0 aromatic heterocycles. The molecule has 1 heterocycles. The summed E-state index contributed by atoms with van der Waals surface area (Å²) in [7, 11) is 0. The van der Waals surface area contributed by atoms with E-state index in [-0.39, 0.29) is 12.1 Å². The Hall–Kier alpha value is -2.75. The Balaban J connectivity index is 2.05. The van der Waals surface area contributed by atoms with Crippen LogP contribution in [-0.2, 0) is 4.79 Å². The van der Waals surface area contributed by atoms with Gasteiger partial charge in [-0.2, -0.15) is 0 Å². The van der Waals surface area contributed by atoms with Crippen molar-refractivity contribution in [2.75, 3.05) is 9.80 Å². The summed E-state index contributed by atoms with van der Waals surface area (Å²) < 4.78 is 5.32. The molecular weight excluding hydrogens is 360 g/mol. The first-order valence-corrected chi connectivity index (χ1v) is 10.2. The Labute approximate surface area is 174 Å². The summed E-state index contributed by atoms with van der Waals surface area (Å²) in [6, 6.07) is 8.39. The number of nitrogens with zero attached hydrogens (tertiary/aromatic N) is 2. The van der Waals surface area contributed by atoms with Crippen LogP contribution in [0.4, 0.5) is 11.4 Å². The molecule has 0 bridgehead atoms. The Morgan fingerprint density at radius 1 is 0.828 bits per heavy atom. The van der Waals surface area contributed by atoms with Gasteiger partial charge in [-0.15, -0.1) is 0 Å². The molecule has 2 aromatic carbocycles. The van der Waals surface area contributed by atoms with Crippen LogP contribution in [0.15, 0.2) is 36.7 Å². The van der Waals surface area contributed by atoms with Gasteiger partial charge in [0.15, 0.2) is 0 Å². The number of aryl methyl sites for hydroxylation is 5. The molecular formula is C25H32N2O2. The van der Waals surface area contributed by atoms with Gasteiger partial charge in [0.1, 0.15) is 11.9 Å². The number of anilines is 2. The molecule has 0 saturated carbocycles. The quantitative estimate of drug-likeness (QED) is 0.477. The van der Waals surface area contributed by atoms with E-state index >= 15 is 0 Å². The summed E-state index contributed by atoms with van der Waals surface area (Å²) in [5.74, 6) is 0.703. The Bertz CT molecular complexity index is 929. The first-order valence-electron chi connectivity index (χ1n) is 10.2. The lowest BCUT2D eigenvalue weighted by atomic mass is 10.0. The second kappa shape index (κ2) is 7.94. The lowest BCUT2D eigenvalue weighted by Crippen LogP contribution is -2.44. The highest BCUT2D eigenvalue weighted by Gasteiger charge is 2.34. The van der Waals surface area contributed by atoms with Crippen molar-refractivity contribution in [1.29, 1.82) is 0 Å². The smallest absolute Gasteiger partial charge is 0.308 e. The summed E-state index contributed by atoms with van der Waals surface area (Å²) in [6.45, 7) is 16.6. The monoisotopic (exact) mass is 392 g/mol. The number of hydrogen-bond donors (Lipinski definition) is 0. The normalized spacial score (nSPS) is 16.1. The maximum absolute atomic E-state index is 11.4. The summed E-state index contributed by atoms with van der Waals surface area (Å²) in [5.41, 5.74) is 8.50. The van der Waals surface area contributed by atoms with Crippen LogP contribution in [0.5, 0.6) is 5.75 Å². The van der Waals surface area contributed by atoms with Crippen LogP contribution in [0.1, 0.15) is 48.6 Å². The molecule has 1 unspecified atom stereocenters. The molecule has 0 fully saturated rings. The molecule has 29 heavy (non-hydrogen) atoms. The van der Waals surface area contributed by atoms with E-state index in [0.717, 1.165) is 11.1 Å². The maximum Gasteiger partial charge on any atom is 0.308 e. The molecule has 1 aliphatic rings. The van der Waals surface area contributed by atoms with Crippen molar-refractivity contribution in [2.24, 2.45) is 5.92 Å². The lowest BCUT2D eigenvalue weighted by Gasteiger charge is -2.38. The van der Waals surface area contributed by atoms with Gasteiger partial charge in [0.2, 0.25) is 0 Å². The van der Waals surface area contributed by atoms with Crippen molar-refractivity contribution < 1.29 is 9.53 Å². The molecule has 4 heteroatoms. The number of benzene rings is 2. The van der Waals surface area contributed by atoms with E-state index < -0.39 is 0 Å². The number of esters is 1. The van der Waals surface area contributed by atoms with E-state index in [0.29, 0.717) is 11.7 Å². The van der Waals surface area contributed by atoms with Crippen LogP contribution in [0.2, 0.25) is 0 Å². The van der Waals surface area contributed by atoms with Crippen LogP contribution in [0, 0.1) is 40.5 Å². The molecule has 0 saturated heterocycles. The fourth-order valence-electron chi connectivity index (χ4n) is 4.64. The van der Waals surface area contributed by atoms with E-state index in [9.17, 15) is 4.79 Å². The van der Waals surface area contributed by atoms with Gasteiger partial charge in [-0.05, 0) is 74.9 Å². The highest BCUT2D eigenvalue weighted by molar-refractivity contribution is 5.73. The maximum atomic E-state index is 11.4. The van der Waals surface area contributed by atoms with Crippen molar-refractivity contribution in [2.45, 2.75) is 61.6 Å². The molecule has 1 atom stereocenters. The molecule has 0 amide bonds. The zero-order valence-corrected chi connectivity index (χ0v) is 18.8. The van der Waals surface area contributed by atoms with Gasteiger partial charge in [-0.1, -0.05) is 31.5 Å².